The molecule has 2 N–H and O–H groups in total. The quantitative estimate of drug-likeness (QED) is 0.737. The molecule has 0 aromatic carbocycles. The average molecular weight is 345 g/mol. The third-order valence-corrected chi connectivity index (χ3v) is 7.34. The van der Waals surface area contributed by atoms with Crippen molar-refractivity contribution in [3.05, 3.63) is 0 Å². The number of sulfonamides is 1. The molecular formula is C15H27N3O4S. The first-order valence-electron chi connectivity index (χ1n) is 8.25. The van der Waals surface area contributed by atoms with E-state index in [2.05, 4.69) is 0 Å². The topological polar surface area (TPSA) is 92.9 Å². The van der Waals surface area contributed by atoms with Crippen LogP contribution < -0.4 is 5.73 Å². The van der Waals surface area contributed by atoms with Gasteiger partial charge in [0.25, 0.3) is 0 Å². The first kappa shape index (κ1) is 17.1. The van der Waals surface area contributed by atoms with Gasteiger partial charge in [-0.2, -0.15) is 4.31 Å². The monoisotopic (exact) mass is 345 g/mol. The minimum absolute atomic E-state index is 0.0440. The molecule has 23 heavy (non-hydrogen) atoms. The molecule has 1 aliphatic carbocycles. The van der Waals surface area contributed by atoms with Crippen LogP contribution in [0.1, 0.15) is 26.7 Å². The Morgan fingerprint density at radius 2 is 1.83 bits per heavy atom. The van der Waals surface area contributed by atoms with Crippen molar-refractivity contribution in [1.29, 1.82) is 0 Å². The van der Waals surface area contributed by atoms with Crippen LogP contribution in [0, 0.1) is 11.3 Å². The number of amides is 1. The standard InChI is InChI=1S/C15H27N3O4S/c1-14(2)12-11(5-4-10-22-12)15(14,16)13(19)17-6-8-18(9-7-17)23(3,20)21/h11-12H,4-10,16H2,1-3H3. The Labute approximate surface area is 138 Å². The van der Waals surface area contributed by atoms with E-state index in [0.717, 1.165) is 19.4 Å². The lowest BCUT2D eigenvalue weighted by Crippen LogP contribution is -2.82. The molecule has 3 fully saturated rings. The Hall–Kier alpha value is -0.700. The predicted octanol–water partition coefficient (Wildman–Crippen LogP) is -0.377. The van der Waals surface area contributed by atoms with Gasteiger partial charge in [0.15, 0.2) is 0 Å². The van der Waals surface area contributed by atoms with Gasteiger partial charge in [-0.1, -0.05) is 13.8 Å². The van der Waals surface area contributed by atoms with Gasteiger partial charge in [-0.05, 0) is 12.8 Å². The number of carbonyl (C=O) groups excluding carboxylic acids is 1. The number of nitrogens with two attached hydrogens (primary N) is 1. The van der Waals surface area contributed by atoms with E-state index in [1.807, 2.05) is 13.8 Å². The largest absolute Gasteiger partial charge is 0.377 e. The Morgan fingerprint density at radius 3 is 2.39 bits per heavy atom. The normalized spacial score (nSPS) is 37.8. The first-order chi connectivity index (χ1) is 10.6. The smallest absolute Gasteiger partial charge is 0.243 e. The number of hydrogen-bond donors (Lipinski definition) is 1. The number of fused-ring (bicyclic) bond motifs is 1. The second kappa shape index (κ2) is 5.40. The van der Waals surface area contributed by atoms with E-state index in [0.29, 0.717) is 26.2 Å². The third-order valence-electron chi connectivity index (χ3n) is 6.03. The zero-order valence-electron chi connectivity index (χ0n) is 14.1. The molecule has 2 heterocycles. The molecule has 3 aliphatic rings. The van der Waals surface area contributed by atoms with Crippen molar-refractivity contribution in [1.82, 2.24) is 9.21 Å². The van der Waals surface area contributed by atoms with Crippen LogP contribution in [0.5, 0.6) is 0 Å². The maximum atomic E-state index is 13.1. The Balaban J connectivity index is 1.73. The Morgan fingerprint density at radius 1 is 1.22 bits per heavy atom. The van der Waals surface area contributed by atoms with Crippen LogP contribution in [0.25, 0.3) is 0 Å². The van der Waals surface area contributed by atoms with Gasteiger partial charge in [-0.25, -0.2) is 8.42 Å². The summed E-state index contributed by atoms with van der Waals surface area (Å²) in [5, 5.41) is 0. The van der Waals surface area contributed by atoms with Crippen LogP contribution in [-0.2, 0) is 19.6 Å². The maximum Gasteiger partial charge on any atom is 0.243 e. The van der Waals surface area contributed by atoms with Gasteiger partial charge >= 0.3 is 0 Å². The molecule has 7 nitrogen and oxygen atoms in total. The SMILES string of the molecule is CC1(C)C2OCCCC2C1(N)C(=O)N1CCN(S(C)(=O)=O)CC1. The van der Waals surface area contributed by atoms with Gasteiger partial charge in [0.05, 0.1) is 12.4 Å². The predicted molar refractivity (Wildman–Crippen MR) is 86.2 cm³/mol. The summed E-state index contributed by atoms with van der Waals surface area (Å²) < 4.78 is 30.5. The lowest BCUT2D eigenvalue weighted by molar-refractivity contribution is -0.230. The number of rotatable bonds is 2. The van der Waals surface area contributed by atoms with E-state index in [9.17, 15) is 13.2 Å². The minimum atomic E-state index is -3.20. The summed E-state index contributed by atoms with van der Waals surface area (Å²) in [5.74, 6) is 0.00842. The molecule has 0 spiro atoms. The molecule has 1 amide bonds. The van der Waals surface area contributed by atoms with Crippen molar-refractivity contribution < 1.29 is 17.9 Å². The van der Waals surface area contributed by atoms with Crippen molar-refractivity contribution in [2.24, 2.45) is 17.1 Å². The molecule has 0 bridgehead atoms. The zero-order chi connectivity index (χ0) is 17.0. The average Bonchev–Trinajstić information content (AvgIpc) is 2.52. The molecule has 1 saturated carbocycles. The number of nitrogens with zero attached hydrogens (tertiary/aromatic N) is 2. The third kappa shape index (κ3) is 2.42. The highest BCUT2D eigenvalue weighted by Crippen LogP contribution is 2.58. The molecule has 0 aromatic rings. The van der Waals surface area contributed by atoms with Gasteiger partial charge < -0.3 is 15.4 Å². The minimum Gasteiger partial charge on any atom is -0.377 e. The molecule has 3 unspecified atom stereocenters. The van der Waals surface area contributed by atoms with Gasteiger partial charge in [0.1, 0.15) is 5.54 Å². The molecular weight excluding hydrogens is 318 g/mol. The molecule has 3 atom stereocenters. The number of piperazine rings is 1. The Bertz CT molecular complexity index is 598. The fourth-order valence-electron chi connectivity index (χ4n) is 4.49. The van der Waals surface area contributed by atoms with Crippen molar-refractivity contribution in [3.63, 3.8) is 0 Å². The van der Waals surface area contributed by atoms with Gasteiger partial charge in [-0.15, -0.1) is 0 Å². The summed E-state index contributed by atoms with van der Waals surface area (Å²) in [7, 11) is -3.20. The molecule has 2 aliphatic heterocycles. The second-order valence-corrected chi connectivity index (χ2v) is 9.57. The first-order valence-corrected chi connectivity index (χ1v) is 10.1. The van der Waals surface area contributed by atoms with E-state index < -0.39 is 21.0 Å². The van der Waals surface area contributed by atoms with Gasteiger partial charge in [-0.3, -0.25) is 4.79 Å². The van der Waals surface area contributed by atoms with Crippen molar-refractivity contribution in [3.8, 4) is 0 Å². The van der Waals surface area contributed by atoms with Crippen LogP contribution >= 0.6 is 0 Å². The maximum absolute atomic E-state index is 13.1. The summed E-state index contributed by atoms with van der Waals surface area (Å²) >= 11 is 0. The van der Waals surface area contributed by atoms with E-state index >= 15 is 0 Å². The Kier molecular flexibility index (Phi) is 4.03. The summed E-state index contributed by atoms with van der Waals surface area (Å²) in [5.41, 5.74) is 5.32. The lowest BCUT2D eigenvalue weighted by atomic mass is 9.46. The molecule has 132 valence electrons. The number of hydrogen-bond acceptors (Lipinski definition) is 5. The highest BCUT2D eigenvalue weighted by atomic mass is 32.2. The highest BCUT2D eigenvalue weighted by molar-refractivity contribution is 7.88. The molecule has 3 rings (SSSR count). The van der Waals surface area contributed by atoms with Crippen LogP contribution in [0.2, 0.25) is 0 Å². The van der Waals surface area contributed by atoms with E-state index in [1.165, 1.54) is 10.6 Å². The lowest BCUT2D eigenvalue weighted by Gasteiger charge is -2.66. The molecule has 0 aromatic heterocycles. The highest BCUT2D eigenvalue weighted by Gasteiger charge is 2.70. The van der Waals surface area contributed by atoms with Crippen LogP contribution in [-0.4, -0.2) is 74.2 Å². The zero-order valence-corrected chi connectivity index (χ0v) is 14.9. The molecule has 2 saturated heterocycles. The number of carbonyl (C=O) groups is 1. The van der Waals surface area contributed by atoms with Crippen LogP contribution in [0.3, 0.4) is 0 Å². The summed E-state index contributed by atoms with van der Waals surface area (Å²) in [6.45, 7) is 6.23. The van der Waals surface area contributed by atoms with Gasteiger partial charge in [0.2, 0.25) is 15.9 Å². The van der Waals surface area contributed by atoms with Gasteiger partial charge in [0, 0.05) is 44.1 Å². The summed E-state index contributed by atoms with van der Waals surface area (Å²) in [6, 6.07) is 0. The van der Waals surface area contributed by atoms with Crippen molar-refractivity contribution in [2.45, 2.75) is 38.3 Å². The summed E-state index contributed by atoms with van der Waals surface area (Å²) in [4.78, 5) is 14.8. The number of ether oxygens (including phenoxy) is 1. The summed E-state index contributed by atoms with van der Waals surface area (Å²) in [6.07, 6.45) is 3.10. The van der Waals surface area contributed by atoms with Crippen molar-refractivity contribution in [2.75, 3.05) is 39.0 Å². The molecule has 0 radical (unpaired) electrons. The van der Waals surface area contributed by atoms with E-state index in [-0.39, 0.29) is 17.9 Å². The van der Waals surface area contributed by atoms with E-state index in [4.69, 9.17) is 10.5 Å². The fourth-order valence-corrected chi connectivity index (χ4v) is 5.32. The molecule has 8 heteroatoms. The van der Waals surface area contributed by atoms with E-state index in [1.54, 1.807) is 4.90 Å². The van der Waals surface area contributed by atoms with Crippen LogP contribution in [0.4, 0.5) is 0 Å². The van der Waals surface area contributed by atoms with Crippen LogP contribution in [0.15, 0.2) is 0 Å². The van der Waals surface area contributed by atoms with Crippen molar-refractivity contribution >= 4 is 15.9 Å². The fraction of sp³-hybridized carbons (Fsp3) is 0.933. The second-order valence-electron chi connectivity index (χ2n) is 7.59.